The highest BCUT2D eigenvalue weighted by atomic mass is 16.7. The van der Waals surface area contributed by atoms with Gasteiger partial charge >= 0.3 is 0 Å². The molecule has 3 fully saturated rings. The molecular formula is C13H20N2O4. The predicted octanol–water partition coefficient (Wildman–Crippen LogP) is 0.305. The molecular weight excluding hydrogens is 248 g/mol. The number of nitriles is 1. The largest absolute Gasteiger partial charge is 0.366 e. The Bertz CT molecular complexity index is 385. The quantitative estimate of drug-likeness (QED) is 0.792. The third-order valence-corrected chi connectivity index (χ3v) is 4.34. The van der Waals surface area contributed by atoms with Gasteiger partial charge in [0.05, 0.1) is 30.9 Å². The van der Waals surface area contributed by atoms with E-state index in [1.807, 2.05) is 0 Å². The van der Waals surface area contributed by atoms with Crippen molar-refractivity contribution in [3.8, 4) is 6.07 Å². The molecule has 0 saturated carbocycles. The zero-order valence-electron chi connectivity index (χ0n) is 11.1. The number of methoxy groups -OCH3 is 1. The van der Waals surface area contributed by atoms with Crippen molar-refractivity contribution in [3.63, 3.8) is 0 Å². The zero-order valence-corrected chi connectivity index (χ0v) is 11.1. The zero-order chi connectivity index (χ0) is 13.5. The number of rotatable bonds is 3. The molecule has 6 heteroatoms. The molecule has 0 aromatic rings. The summed E-state index contributed by atoms with van der Waals surface area (Å²) < 4.78 is 23.1. The van der Waals surface area contributed by atoms with Crippen LogP contribution in [0.2, 0.25) is 0 Å². The molecule has 3 aliphatic rings. The lowest BCUT2D eigenvalue weighted by atomic mass is 9.85. The van der Waals surface area contributed by atoms with E-state index in [4.69, 9.17) is 29.9 Å². The number of fused-ring (bicyclic) bond motifs is 1. The summed E-state index contributed by atoms with van der Waals surface area (Å²) in [7, 11) is 1.63. The van der Waals surface area contributed by atoms with Gasteiger partial charge in [-0.3, -0.25) is 0 Å². The number of hydrogen-bond acceptors (Lipinski definition) is 6. The van der Waals surface area contributed by atoms with Crippen LogP contribution in [0.15, 0.2) is 0 Å². The molecule has 2 N–H and O–H groups in total. The highest BCUT2D eigenvalue weighted by Crippen LogP contribution is 2.46. The Hall–Kier alpha value is -0.710. The van der Waals surface area contributed by atoms with Gasteiger partial charge < -0.3 is 24.7 Å². The molecule has 3 saturated heterocycles. The first kappa shape index (κ1) is 13.3. The Labute approximate surface area is 112 Å². The van der Waals surface area contributed by atoms with E-state index in [1.54, 1.807) is 7.11 Å². The van der Waals surface area contributed by atoms with E-state index in [9.17, 15) is 0 Å². The second-order valence-corrected chi connectivity index (χ2v) is 5.64. The number of hydrogen-bond donors (Lipinski definition) is 1. The van der Waals surface area contributed by atoms with Crippen molar-refractivity contribution in [2.24, 2.45) is 5.73 Å². The summed E-state index contributed by atoms with van der Waals surface area (Å²) in [5.74, 6) is 0. The topological polar surface area (TPSA) is 86.7 Å². The van der Waals surface area contributed by atoms with Gasteiger partial charge in [-0.25, -0.2) is 0 Å². The first-order chi connectivity index (χ1) is 9.16. The standard InChI is InChI=1S/C13H20N2O4/c1-16-12-10-5-13(7-17-12)11(18-10)3-2-9(19-13)4-8(15)6-14/h8-12H,2-5,7,15H2,1H3/t8-,9?,10-,11+,12-,13?/m1/s1. The maximum absolute atomic E-state index is 8.80. The Morgan fingerprint density at radius 3 is 3.11 bits per heavy atom. The van der Waals surface area contributed by atoms with Crippen molar-refractivity contribution < 1.29 is 18.9 Å². The van der Waals surface area contributed by atoms with Gasteiger partial charge in [-0.15, -0.1) is 0 Å². The molecule has 0 amide bonds. The van der Waals surface area contributed by atoms with Crippen molar-refractivity contribution in [2.75, 3.05) is 13.7 Å². The monoisotopic (exact) mass is 268 g/mol. The fourth-order valence-electron chi connectivity index (χ4n) is 3.44. The Balaban J connectivity index is 1.68. The minimum atomic E-state index is -0.465. The summed E-state index contributed by atoms with van der Waals surface area (Å²) in [5.41, 5.74) is 5.32. The molecule has 2 unspecified atom stereocenters. The minimum Gasteiger partial charge on any atom is -0.366 e. The van der Waals surface area contributed by atoms with Crippen LogP contribution in [0.4, 0.5) is 0 Å². The third-order valence-electron chi connectivity index (χ3n) is 4.34. The van der Waals surface area contributed by atoms with Crippen LogP contribution < -0.4 is 5.73 Å². The van der Waals surface area contributed by atoms with Crippen molar-refractivity contribution in [1.29, 1.82) is 5.26 Å². The van der Waals surface area contributed by atoms with Gasteiger partial charge in [-0.2, -0.15) is 5.26 Å². The van der Waals surface area contributed by atoms with Crippen LogP contribution in [-0.2, 0) is 18.9 Å². The molecule has 19 heavy (non-hydrogen) atoms. The maximum atomic E-state index is 8.80. The van der Waals surface area contributed by atoms with Crippen LogP contribution in [0.5, 0.6) is 0 Å². The number of ether oxygens (including phenoxy) is 4. The molecule has 0 aromatic carbocycles. The normalized spacial score (nSPS) is 46.4. The van der Waals surface area contributed by atoms with E-state index in [2.05, 4.69) is 6.07 Å². The van der Waals surface area contributed by atoms with Crippen molar-refractivity contribution in [1.82, 2.24) is 0 Å². The van der Waals surface area contributed by atoms with Gasteiger partial charge in [-0.05, 0) is 12.8 Å². The van der Waals surface area contributed by atoms with Gasteiger partial charge in [0.1, 0.15) is 11.7 Å². The van der Waals surface area contributed by atoms with Gasteiger partial charge in [0.2, 0.25) is 0 Å². The summed E-state index contributed by atoms with van der Waals surface area (Å²) in [6, 6.07) is 1.59. The lowest BCUT2D eigenvalue weighted by Gasteiger charge is -2.43. The molecule has 0 aromatic heterocycles. The predicted molar refractivity (Wildman–Crippen MR) is 65.1 cm³/mol. The fourth-order valence-corrected chi connectivity index (χ4v) is 3.44. The van der Waals surface area contributed by atoms with E-state index in [0.717, 1.165) is 19.3 Å². The molecule has 1 spiro atoms. The molecule has 0 radical (unpaired) electrons. The van der Waals surface area contributed by atoms with Crippen LogP contribution in [0.25, 0.3) is 0 Å². The Morgan fingerprint density at radius 1 is 1.53 bits per heavy atom. The highest BCUT2D eigenvalue weighted by molar-refractivity contribution is 5.05. The minimum absolute atomic E-state index is 0.0240. The summed E-state index contributed by atoms with van der Waals surface area (Å²) in [6.07, 6.45) is 2.94. The van der Waals surface area contributed by atoms with Crippen molar-refractivity contribution in [2.45, 2.75) is 61.9 Å². The van der Waals surface area contributed by atoms with E-state index < -0.39 is 6.04 Å². The molecule has 6 atom stereocenters. The first-order valence-corrected chi connectivity index (χ1v) is 6.80. The van der Waals surface area contributed by atoms with E-state index >= 15 is 0 Å². The van der Waals surface area contributed by atoms with Crippen molar-refractivity contribution in [3.05, 3.63) is 0 Å². The molecule has 3 heterocycles. The summed E-state index contributed by atoms with van der Waals surface area (Å²) in [4.78, 5) is 0. The third kappa shape index (κ3) is 2.26. The fraction of sp³-hybridized carbons (Fsp3) is 0.923. The van der Waals surface area contributed by atoms with E-state index in [1.165, 1.54) is 0 Å². The molecule has 3 rings (SSSR count). The average molecular weight is 268 g/mol. The molecule has 2 bridgehead atoms. The second kappa shape index (κ2) is 5.00. The second-order valence-electron chi connectivity index (χ2n) is 5.64. The lowest BCUT2D eigenvalue weighted by molar-refractivity contribution is -0.231. The summed E-state index contributed by atoms with van der Waals surface area (Å²) in [5, 5.41) is 8.80. The number of nitrogens with two attached hydrogens (primary N) is 1. The highest BCUT2D eigenvalue weighted by Gasteiger charge is 2.58. The smallest absolute Gasteiger partial charge is 0.183 e. The molecule has 6 nitrogen and oxygen atoms in total. The Kier molecular flexibility index (Phi) is 3.50. The lowest BCUT2D eigenvalue weighted by Crippen LogP contribution is -2.54. The van der Waals surface area contributed by atoms with E-state index in [0.29, 0.717) is 13.0 Å². The van der Waals surface area contributed by atoms with E-state index in [-0.39, 0.29) is 30.2 Å². The maximum Gasteiger partial charge on any atom is 0.183 e. The Morgan fingerprint density at radius 2 is 2.37 bits per heavy atom. The van der Waals surface area contributed by atoms with Crippen LogP contribution in [0.3, 0.4) is 0 Å². The van der Waals surface area contributed by atoms with Gasteiger partial charge in [0.15, 0.2) is 6.29 Å². The van der Waals surface area contributed by atoms with Gasteiger partial charge in [0, 0.05) is 20.0 Å². The average Bonchev–Trinajstić information content (AvgIpc) is 2.71. The SMILES string of the molecule is CO[C@@H]1OCC23C[C@H]1O[C@H]2CCC(C[C@@H](N)C#N)O3. The van der Waals surface area contributed by atoms with Crippen LogP contribution >= 0.6 is 0 Å². The summed E-state index contributed by atoms with van der Waals surface area (Å²) in [6.45, 7) is 0.491. The molecule has 3 aliphatic heterocycles. The van der Waals surface area contributed by atoms with Crippen LogP contribution in [0.1, 0.15) is 25.7 Å². The van der Waals surface area contributed by atoms with Gasteiger partial charge in [-0.1, -0.05) is 0 Å². The molecule has 0 aliphatic carbocycles. The van der Waals surface area contributed by atoms with Crippen LogP contribution in [0, 0.1) is 11.3 Å². The molecule has 106 valence electrons. The van der Waals surface area contributed by atoms with Crippen LogP contribution in [-0.4, -0.2) is 50.0 Å². The van der Waals surface area contributed by atoms with Gasteiger partial charge in [0.25, 0.3) is 0 Å². The number of nitrogens with zero attached hydrogens (tertiary/aromatic N) is 1. The summed E-state index contributed by atoms with van der Waals surface area (Å²) >= 11 is 0. The van der Waals surface area contributed by atoms with Crippen molar-refractivity contribution >= 4 is 0 Å². The first-order valence-electron chi connectivity index (χ1n) is 6.80.